The minimum atomic E-state index is -0.205. The summed E-state index contributed by atoms with van der Waals surface area (Å²) < 4.78 is 0. The SMILES string of the molecule is CC1CN(C(=O)CC(N)c2ccccc2)CCN1.Cl. The Kier molecular flexibility index (Phi) is 6.28. The molecule has 5 heteroatoms. The quantitative estimate of drug-likeness (QED) is 0.880. The zero-order chi connectivity index (χ0) is 13.0. The third kappa shape index (κ3) is 4.49. The number of amides is 1. The zero-order valence-corrected chi connectivity index (χ0v) is 12.0. The van der Waals surface area contributed by atoms with Crippen molar-refractivity contribution >= 4 is 18.3 Å². The zero-order valence-electron chi connectivity index (χ0n) is 11.2. The van der Waals surface area contributed by atoms with E-state index in [1.165, 1.54) is 0 Å². The smallest absolute Gasteiger partial charge is 0.224 e. The molecular formula is C14H22ClN3O. The second kappa shape index (κ2) is 7.48. The van der Waals surface area contributed by atoms with Gasteiger partial charge < -0.3 is 16.0 Å². The van der Waals surface area contributed by atoms with Gasteiger partial charge in [0.2, 0.25) is 5.91 Å². The first-order valence-electron chi connectivity index (χ1n) is 6.48. The monoisotopic (exact) mass is 283 g/mol. The van der Waals surface area contributed by atoms with E-state index in [4.69, 9.17) is 5.73 Å². The van der Waals surface area contributed by atoms with Gasteiger partial charge >= 0.3 is 0 Å². The van der Waals surface area contributed by atoms with Crippen LogP contribution in [0, 0.1) is 0 Å². The summed E-state index contributed by atoms with van der Waals surface area (Å²) in [6.45, 7) is 4.52. The van der Waals surface area contributed by atoms with Crippen molar-refractivity contribution < 1.29 is 4.79 Å². The number of halogens is 1. The Morgan fingerprint density at radius 2 is 2.16 bits per heavy atom. The van der Waals surface area contributed by atoms with Crippen LogP contribution in [-0.2, 0) is 4.79 Å². The summed E-state index contributed by atoms with van der Waals surface area (Å²) in [5.74, 6) is 0.153. The lowest BCUT2D eigenvalue weighted by Crippen LogP contribution is -2.51. The molecule has 1 aromatic carbocycles. The topological polar surface area (TPSA) is 58.4 Å². The molecule has 2 rings (SSSR count). The second-order valence-electron chi connectivity index (χ2n) is 4.92. The molecule has 0 saturated carbocycles. The molecule has 1 aliphatic rings. The average molecular weight is 284 g/mol. The summed E-state index contributed by atoms with van der Waals surface area (Å²) in [4.78, 5) is 14.1. The van der Waals surface area contributed by atoms with Gasteiger partial charge in [-0.3, -0.25) is 4.79 Å². The molecule has 2 unspecified atom stereocenters. The molecular weight excluding hydrogens is 262 g/mol. The number of hydrogen-bond donors (Lipinski definition) is 2. The van der Waals surface area contributed by atoms with Gasteiger partial charge in [0.15, 0.2) is 0 Å². The van der Waals surface area contributed by atoms with E-state index in [1.807, 2.05) is 35.2 Å². The summed E-state index contributed by atoms with van der Waals surface area (Å²) in [6, 6.07) is 9.96. The van der Waals surface area contributed by atoms with Crippen LogP contribution in [0.5, 0.6) is 0 Å². The van der Waals surface area contributed by atoms with Crippen molar-refractivity contribution in [3.63, 3.8) is 0 Å². The number of benzene rings is 1. The molecule has 0 spiro atoms. The van der Waals surface area contributed by atoms with Gasteiger partial charge in [-0.15, -0.1) is 12.4 Å². The molecule has 4 nitrogen and oxygen atoms in total. The highest BCUT2D eigenvalue weighted by Gasteiger charge is 2.22. The molecule has 0 radical (unpaired) electrons. The third-order valence-corrected chi connectivity index (χ3v) is 3.34. The van der Waals surface area contributed by atoms with Gasteiger partial charge in [-0.25, -0.2) is 0 Å². The second-order valence-corrected chi connectivity index (χ2v) is 4.92. The maximum atomic E-state index is 12.1. The molecule has 1 aliphatic heterocycles. The Morgan fingerprint density at radius 1 is 1.47 bits per heavy atom. The number of nitrogens with zero attached hydrogens (tertiary/aromatic N) is 1. The standard InChI is InChI=1S/C14H21N3O.ClH/c1-11-10-17(8-7-16-11)14(18)9-13(15)12-5-3-2-4-6-12;/h2-6,11,13,16H,7-10,15H2,1H3;1H. The van der Waals surface area contributed by atoms with E-state index in [2.05, 4.69) is 12.2 Å². The Labute approximate surface area is 120 Å². The van der Waals surface area contributed by atoms with Crippen LogP contribution in [-0.4, -0.2) is 36.5 Å². The van der Waals surface area contributed by atoms with E-state index >= 15 is 0 Å². The highest BCUT2D eigenvalue weighted by molar-refractivity contribution is 5.85. The fraction of sp³-hybridized carbons (Fsp3) is 0.500. The molecule has 0 aliphatic carbocycles. The van der Waals surface area contributed by atoms with Crippen LogP contribution in [0.2, 0.25) is 0 Å². The first kappa shape index (κ1) is 16.0. The van der Waals surface area contributed by atoms with Crippen LogP contribution < -0.4 is 11.1 Å². The van der Waals surface area contributed by atoms with Crippen LogP contribution in [0.15, 0.2) is 30.3 Å². The lowest BCUT2D eigenvalue weighted by molar-refractivity contribution is -0.132. The van der Waals surface area contributed by atoms with E-state index in [1.54, 1.807) is 0 Å². The van der Waals surface area contributed by atoms with Crippen molar-refractivity contribution in [2.45, 2.75) is 25.4 Å². The maximum Gasteiger partial charge on any atom is 0.224 e. The summed E-state index contributed by atoms with van der Waals surface area (Å²) in [5, 5.41) is 3.33. The maximum absolute atomic E-state index is 12.1. The van der Waals surface area contributed by atoms with Crippen LogP contribution in [0.1, 0.15) is 24.9 Å². The molecule has 1 amide bonds. The predicted molar refractivity (Wildman–Crippen MR) is 79.3 cm³/mol. The van der Waals surface area contributed by atoms with Crippen molar-refractivity contribution in [1.82, 2.24) is 10.2 Å². The van der Waals surface area contributed by atoms with Crippen molar-refractivity contribution in [2.75, 3.05) is 19.6 Å². The molecule has 3 N–H and O–H groups in total. The van der Waals surface area contributed by atoms with Crippen molar-refractivity contribution in [1.29, 1.82) is 0 Å². The van der Waals surface area contributed by atoms with Gasteiger partial charge in [0, 0.05) is 38.1 Å². The molecule has 106 valence electrons. The number of nitrogens with one attached hydrogen (secondary N) is 1. The molecule has 0 bridgehead atoms. The van der Waals surface area contributed by atoms with Gasteiger partial charge in [0.05, 0.1) is 0 Å². The van der Waals surface area contributed by atoms with Crippen LogP contribution >= 0.6 is 12.4 Å². The highest BCUT2D eigenvalue weighted by Crippen LogP contribution is 2.15. The molecule has 1 heterocycles. The highest BCUT2D eigenvalue weighted by atomic mass is 35.5. The van der Waals surface area contributed by atoms with E-state index < -0.39 is 0 Å². The van der Waals surface area contributed by atoms with Crippen molar-refractivity contribution in [2.24, 2.45) is 5.73 Å². The minimum Gasteiger partial charge on any atom is -0.340 e. The number of hydrogen-bond acceptors (Lipinski definition) is 3. The van der Waals surface area contributed by atoms with Crippen LogP contribution in [0.25, 0.3) is 0 Å². The minimum absolute atomic E-state index is 0. The van der Waals surface area contributed by atoms with Gasteiger partial charge in [0.1, 0.15) is 0 Å². The van der Waals surface area contributed by atoms with Gasteiger partial charge in [-0.1, -0.05) is 30.3 Å². The third-order valence-electron chi connectivity index (χ3n) is 3.34. The van der Waals surface area contributed by atoms with E-state index in [0.717, 1.165) is 25.2 Å². The molecule has 1 fully saturated rings. The summed E-state index contributed by atoms with van der Waals surface area (Å²) in [7, 11) is 0. The summed E-state index contributed by atoms with van der Waals surface area (Å²) >= 11 is 0. The Balaban J connectivity index is 0.00000180. The fourth-order valence-electron chi connectivity index (χ4n) is 2.29. The average Bonchev–Trinajstić information content (AvgIpc) is 2.39. The molecule has 19 heavy (non-hydrogen) atoms. The van der Waals surface area contributed by atoms with E-state index in [9.17, 15) is 4.79 Å². The van der Waals surface area contributed by atoms with E-state index in [-0.39, 0.29) is 24.4 Å². The van der Waals surface area contributed by atoms with Crippen molar-refractivity contribution in [3.05, 3.63) is 35.9 Å². The lowest BCUT2D eigenvalue weighted by atomic mass is 10.0. The van der Waals surface area contributed by atoms with Crippen molar-refractivity contribution in [3.8, 4) is 0 Å². The first-order valence-corrected chi connectivity index (χ1v) is 6.48. The Hall–Kier alpha value is -1.10. The fourth-order valence-corrected chi connectivity index (χ4v) is 2.29. The number of rotatable bonds is 3. The molecule has 2 atom stereocenters. The van der Waals surface area contributed by atoms with Crippen LogP contribution in [0.4, 0.5) is 0 Å². The number of carbonyl (C=O) groups excluding carboxylic acids is 1. The first-order chi connectivity index (χ1) is 8.66. The lowest BCUT2D eigenvalue weighted by Gasteiger charge is -2.32. The normalized spacial score (nSPS) is 20.5. The summed E-state index contributed by atoms with van der Waals surface area (Å²) in [5.41, 5.74) is 7.10. The molecule has 1 saturated heterocycles. The van der Waals surface area contributed by atoms with Crippen LogP contribution in [0.3, 0.4) is 0 Å². The van der Waals surface area contributed by atoms with Gasteiger partial charge in [0.25, 0.3) is 0 Å². The number of piperazine rings is 1. The largest absolute Gasteiger partial charge is 0.340 e. The van der Waals surface area contributed by atoms with E-state index in [0.29, 0.717) is 12.5 Å². The molecule has 0 aromatic heterocycles. The van der Waals surface area contributed by atoms with Gasteiger partial charge in [-0.05, 0) is 12.5 Å². The number of nitrogens with two attached hydrogens (primary N) is 1. The number of carbonyl (C=O) groups is 1. The summed E-state index contributed by atoms with van der Waals surface area (Å²) in [6.07, 6.45) is 0.386. The Bertz CT molecular complexity index is 399. The Morgan fingerprint density at radius 3 is 2.79 bits per heavy atom. The van der Waals surface area contributed by atoms with Gasteiger partial charge in [-0.2, -0.15) is 0 Å². The molecule has 1 aromatic rings. The predicted octanol–water partition coefficient (Wildman–Crippen LogP) is 1.32.